The minimum absolute atomic E-state index is 0.0340. The van der Waals surface area contributed by atoms with Gasteiger partial charge >= 0.3 is 6.09 Å². The van der Waals surface area contributed by atoms with E-state index in [4.69, 9.17) is 35.6 Å². The number of hydrogen-bond acceptors (Lipinski definition) is 9. The highest BCUT2D eigenvalue weighted by molar-refractivity contribution is 6.33. The summed E-state index contributed by atoms with van der Waals surface area (Å²) in [4.78, 5) is 26.4. The molecule has 2 aromatic heterocycles. The lowest BCUT2D eigenvalue weighted by Gasteiger charge is -2.49. The highest BCUT2D eigenvalue weighted by Crippen LogP contribution is 2.44. The van der Waals surface area contributed by atoms with Crippen molar-refractivity contribution in [2.45, 2.75) is 40.5 Å². The Morgan fingerprint density at radius 2 is 2.00 bits per heavy atom. The summed E-state index contributed by atoms with van der Waals surface area (Å²) in [5.41, 5.74) is 4.09. The number of anilines is 1. The van der Waals surface area contributed by atoms with Crippen molar-refractivity contribution in [3.8, 4) is 28.4 Å². The van der Waals surface area contributed by atoms with Crippen LogP contribution in [0.2, 0.25) is 5.02 Å². The molecule has 0 saturated carbocycles. The van der Waals surface area contributed by atoms with Crippen LogP contribution in [0.1, 0.15) is 36.8 Å². The van der Waals surface area contributed by atoms with Crippen molar-refractivity contribution in [2.24, 2.45) is 5.41 Å². The average Bonchev–Trinajstić information content (AvgIpc) is 3.51. The van der Waals surface area contributed by atoms with Gasteiger partial charge in [-0.1, -0.05) is 16.8 Å². The van der Waals surface area contributed by atoms with Crippen LogP contribution in [0.4, 0.5) is 10.6 Å². The van der Waals surface area contributed by atoms with E-state index in [0.717, 1.165) is 60.8 Å². The predicted molar refractivity (Wildman–Crippen MR) is 154 cm³/mol. The van der Waals surface area contributed by atoms with Crippen molar-refractivity contribution in [3.63, 3.8) is 0 Å². The maximum absolute atomic E-state index is 12.3. The Balaban J connectivity index is 1.48. The number of nitrogens with zero attached hydrogens (tertiary/aromatic N) is 5. The molecular formula is C29H37ClN6O4. The zero-order chi connectivity index (χ0) is 28.4. The van der Waals surface area contributed by atoms with Gasteiger partial charge in [-0.15, -0.1) is 0 Å². The first kappa shape index (κ1) is 28.2. The first-order chi connectivity index (χ1) is 19.2. The summed E-state index contributed by atoms with van der Waals surface area (Å²) in [5, 5.41) is 7.85. The number of hydrogen-bond donors (Lipinski definition) is 1. The van der Waals surface area contributed by atoms with Crippen LogP contribution in [0.3, 0.4) is 0 Å². The van der Waals surface area contributed by atoms with Crippen molar-refractivity contribution in [1.82, 2.24) is 25.3 Å². The lowest BCUT2D eigenvalue weighted by molar-refractivity contribution is 0.107. The van der Waals surface area contributed by atoms with Gasteiger partial charge in [-0.05, 0) is 72.3 Å². The van der Waals surface area contributed by atoms with Crippen LogP contribution in [0.15, 0.2) is 22.7 Å². The summed E-state index contributed by atoms with van der Waals surface area (Å²) >= 11 is 6.70. The number of halogens is 1. The molecule has 2 aliphatic heterocycles. The highest BCUT2D eigenvalue weighted by Gasteiger charge is 2.50. The molecule has 2 aliphatic rings. The SMILES string of the molecule is CCOC(=O)N1CCC2(C1)CN(c1nc(-c3cc(OCCCNC)ccc3Cl)nc(-c3c(C)noc3C)c1C)C2. The molecule has 0 bridgehead atoms. The Morgan fingerprint density at radius 1 is 1.20 bits per heavy atom. The smallest absolute Gasteiger partial charge is 0.409 e. The minimum Gasteiger partial charge on any atom is -0.494 e. The molecule has 1 N–H and O–H groups in total. The van der Waals surface area contributed by atoms with Crippen LogP contribution in [0.5, 0.6) is 5.75 Å². The van der Waals surface area contributed by atoms with Gasteiger partial charge in [-0.25, -0.2) is 14.8 Å². The lowest BCUT2D eigenvalue weighted by atomic mass is 9.79. The second-order valence-corrected chi connectivity index (χ2v) is 11.1. The van der Waals surface area contributed by atoms with Crippen LogP contribution in [-0.2, 0) is 4.74 Å². The third-order valence-corrected chi connectivity index (χ3v) is 8.05. The molecule has 1 spiro atoms. The number of ether oxygens (including phenoxy) is 2. The van der Waals surface area contributed by atoms with Gasteiger partial charge in [0.1, 0.15) is 17.3 Å². The second-order valence-electron chi connectivity index (χ2n) is 10.7. The summed E-state index contributed by atoms with van der Waals surface area (Å²) in [6.45, 7) is 12.5. The number of aryl methyl sites for hydroxylation is 2. The van der Waals surface area contributed by atoms with Crippen molar-refractivity contribution in [2.75, 3.05) is 57.9 Å². The molecule has 1 amide bonds. The lowest BCUT2D eigenvalue weighted by Crippen LogP contribution is -2.58. The minimum atomic E-state index is -0.235. The van der Waals surface area contributed by atoms with Gasteiger partial charge < -0.3 is 29.1 Å². The fraction of sp³-hybridized carbons (Fsp3) is 0.517. The Labute approximate surface area is 240 Å². The molecule has 2 fully saturated rings. The molecule has 40 heavy (non-hydrogen) atoms. The highest BCUT2D eigenvalue weighted by atomic mass is 35.5. The van der Waals surface area contributed by atoms with E-state index in [0.29, 0.717) is 54.2 Å². The molecule has 4 heterocycles. The van der Waals surface area contributed by atoms with E-state index in [1.54, 1.807) is 0 Å². The van der Waals surface area contributed by atoms with E-state index in [2.05, 4.69) is 15.4 Å². The van der Waals surface area contributed by atoms with Gasteiger partial charge in [0.15, 0.2) is 5.82 Å². The molecule has 0 radical (unpaired) electrons. The Kier molecular flexibility index (Phi) is 8.19. The molecule has 3 aromatic rings. The summed E-state index contributed by atoms with van der Waals surface area (Å²) in [6.07, 6.45) is 1.59. The topological polar surface area (TPSA) is 106 Å². The number of likely N-dealkylation sites (tertiary alicyclic amines) is 1. The van der Waals surface area contributed by atoms with Crippen molar-refractivity contribution in [1.29, 1.82) is 0 Å². The third-order valence-electron chi connectivity index (χ3n) is 7.73. The molecule has 10 nitrogen and oxygen atoms in total. The molecule has 11 heteroatoms. The van der Waals surface area contributed by atoms with E-state index in [1.165, 1.54) is 0 Å². The zero-order valence-corrected chi connectivity index (χ0v) is 24.6. The van der Waals surface area contributed by atoms with Gasteiger partial charge in [0.25, 0.3) is 0 Å². The number of nitrogens with one attached hydrogen (secondary N) is 1. The van der Waals surface area contributed by atoms with Gasteiger partial charge in [-0.3, -0.25) is 0 Å². The number of amides is 1. The van der Waals surface area contributed by atoms with E-state index in [1.807, 2.05) is 57.8 Å². The third kappa shape index (κ3) is 5.47. The van der Waals surface area contributed by atoms with Gasteiger partial charge in [0.05, 0.1) is 35.2 Å². The monoisotopic (exact) mass is 568 g/mol. The van der Waals surface area contributed by atoms with Gasteiger partial charge in [0, 0.05) is 42.7 Å². The average molecular weight is 569 g/mol. The molecule has 0 atom stereocenters. The molecular weight excluding hydrogens is 532 g/mol. The number of carbonyl (C=O) groups excluding carboxylic acids is 1. The summed E-state index contributed by atoms with van der Waals surface area (Å²) in [5.74, 6) is 2.77. The number of aromatic nitrogens is 3. The second kappa shape index (κ2) is 11.6. The van der Waals surface area contributed by atoms with E-state index < -0.39 is 0 Å². The fourth-order valence-electron chi connectivity index (χ4n) is 5.68. The van der Waals surface area contributed by atoms with Crippen LogP contribution in [0.25, 0.3) is 22.6 Å². The summed E-state index contributed by atoms with van der Waals surface area (Å²) in [6, 6.07) is 5.59. The van der Waals surface area contributed by atoms with E-state index >= 15 is 0 Å². The van der Waals surface area contributed by atoms with Gasteiger partial charge in [0.2, 0.25) is 0 Å². The number of benzene rings is 1. The Bertz CT molecular complexity index is 1370. The summed E-state index contributed by atoms with van der Waals surface area (Å²) < 4.78 is 16.7. The van der Waals surface area contributed by atoms with Crippen LogP contribution < -0.4 is 15.0 Å². The van der Waals surface area contributed by atoms with Crippen LogP contribution in [0, 0.1) is 26.2 Å². The quantitative estimate of drug-likeness (QED) is 0.355. The van der Waals surface area contributed by atoms with Crippen LogP contribution in [-0.4, -0.2) is 79.1 Å². The predicted octanol–water partition coefficient (Wildman–Crippen LogP) is 5.03. The molecule has 2 saturated heterocycles. The Hall–Kier alpha value is -3.37. The molecule has 214 valence electrons. The molecule has 1 aromatic carbocycles. The normalized spacial score (nSPS) is 15.9. The molecule has 5 rings (SSSR count). The van der Waals surface area contributed by atoms with E-state index in [9.17, 15) is 4.79 Å². The standard InChI is InChI=1S/C29H37ClN6O4/c1-6-38-28(37)35-12-10-29(15-35)16-36(17-29)27-18(2)25(24-19(3)34-40-20(24)4)32-26(33-27)22-14-21(8-9-23(22)30)39-13-7-11-31-5/h8-9,14,31H,6-7,10-13,15-17H2,1-5H3. The van der Waals surface area contributed by atoms with Crippen LogP contribution >= 0.6 is 11.6 Å². The fourth-order valence-corrected chi connectivity index (χ4v) is 5.88. The largest absolute Gasteiger partial charge is 0.494 e. The number of carbonyl (C=O) groups is 1. The van der Waals surface area contributed by atoms with Crippen molar-refractivity contribution in [3.05, 3.63) is 40.2 Å². The maximum Gasteiger partial charge on any atom is 0.409 e. The van der Waals surface area contributed by atoms with Gasteiger partial charge in [-0.2, -0.15) is 0 Å². The first-order valence-corrected chi connectivity index (χ1v) is 14.2. The Morgan fingerprint density at radius 3 is 2.70 bits per heavy atom. The first-order valence-electron chi connectivity index (χ1n) is 13.8. The maximum atomic E-state index is 12.3. The van der Waals surface area contributed by atoms with Crippen molar-refractivity contribution < 1.29 is 18.8 Å². The van der Waals surface area contributed by atoms with Crippen molar-refractivity contribution >= 4 is 23.5 Å². The molecule has 0 aliphatic carbocycles. The van der Waals surface area contributed by atoms with E-state index in [-0.39, 0.29) is 11.5 Å². The zero-order valence-electron chi connectivity index (χ0n) is 23.8. The number of rotatable bonds is 9. The molecule has 0 unspecified atom stereocenters. The summed E-state index contributed by atoms with van der Waals surface area (Å²) in [7, 11) is 1.92.